The molecule has 0 spiro atoms. The molecule has 0 aliphatic heterocycles. The fourth-order valence-electron chi connectivity index (χ4n) is 1.89. The van der Waals surface area contributed by atoms with Crippen LogP contribution in [0.5, 0.6) is 0 Å². The monoisotopic (exact) mass is 341 g/mol. The van der Waals surface area contributed by atoms with E-state index in [4.69, 9.17) is 0 Å². The number of ether oxygens (including phenoxy) is 1. The molecule has 1 aromatic carbocycles. The molecule has 6 nitrogen and oxygen atoms in total. The van der Waals surface area contributed by atoms with E-state index in [0.29, 0.717) is 0 Å². The number of sulfonamides is 1. The first-order valence-corrected chi connectivity index (χ1v) is 8.71. The largest absolute Gasteiger partial charge is 0.469 e. The van der Waals surface area contributed by atoms with E-state index in [1.807, 2.05) is 6.92 Å². The van der Waals surface area contributed by atoms with Gasteiger partial charge in [0.2, 0.25) is 10.0 Å². The van der Waals surface area contributed by atoms with E-state index in [1.165, 1.54) is 19.2 Å². The van der Waals surface area contributed by atoms with Crippen LogP contribution in [0.3, 0.4) is 0 Å². The van der Waals surface area contributed by atoms with Crippen LogP contribution in [0, 0.1) is 12.8 Å². The standard InChI is InChI=1S/C16H23NO5S/c1-12-7-9-14(10-8-12)23(20,21)17-15(11-18)13(2)5-4-6-16(19)22-3/h4-5,7-10,13,15,17-18H,6,11H2,1-3H3/b5-4+/t13-,15-/m1/s1. The number of carbonyl (C=O) groups is 1. The molecule has 0 saturated carbocycles. The van der Waals surface area contributed by atoms with Gasteiger partial charge in [0.05, 0.1) is 31.1 Å². The second-order valence-corrected chi connectivity index (χ2v) is 7.00. The van der Waals surface area contributed by atoms with Crippen molar-refractivity contribution in [2.45, 2.75) is 31.2 Å². The molecule has 0 radical (unpaired) electrons. The molecule has 0 bridgehead atoms. The predicted molar refractivity (Wildman–Crippen MR) is 87.3 cm³/mol. The zero-order valence-corrected chi connectivity index (χ0v) is 14.3. The van der Waals surface area contributed by atoms with Crippen molar-refractivity contribution in [1.82, 2.24) is 4.72 Å². The summed E-state index contributed by atoms with van der Waals surface area (Å²) in [7, 11) is -2.42. The Balaban J connectivity index is 2.77. The summed E-state index contributed by atoms with van der Waals surface area (Å²) in [4.78, 5) is 11.2. The fraction of sp³-hybridized carbons (Fsp3) is 0.438. The molecule has 0 unspecified atom stereocenters. The maximum Gasteiger partial charge on any atom is 0.309 e. The molecule has 0 heterocycles. The number of rotatable bonds is 8. The summed E-state index contributed by atoms with van der Waals surface area (Å²) in [6, 6.07) is 5.77. The van der Waals surface area contributed by atoms with Crippen LogP contribution in [-0.2, 0) is 19.6 Å². The summed E-state index contributed by atoms with van der Waals surface area (Å²) in [6.07, 6.45) is 3.37. The molecule has 0 fully saturated rings. The first-order valence-electron chi connectivity index (χ1n) is 7.23. The van der Waals surface area contributed by atoms with Crippen LogP contribution in [-0.4, -0.2) is 39.3 Å². The van der Waals surface area contributed by atoms with Crippen molar-refractivity contribution in [3.8, 4) is 0 Å². The van der Waals surface area contributed by atoms with Gasteiger partial charge in [-0.15, -0.1) is 0 Å². The lowest BCUT2D eigenvalue weighted by molar-refractivity contribution is -0.139. The minimum Gasteiger partial charge on any atom is -0.469 e. The summed E-state index contributed by atoms with van der Waals surface area (Å²) in [5.41, 5.74) is 0.960. The average molecular weight is 341 g/mol. The number of aryl methyl sites for hydroxylation is 1. The molecule has 0 aliphatic rings. The van der Waals surface area contributed by atoms with Gasteiger partial charge < -0.3 is 9.84 Å². The number of benzene rings is 1. The van der Waals surface area contributed by atoms with Crippen molar-refractivity contribution < 1.29 is 23.1 Å². The van der Waals surface area contributed by atoms with Crippen LogP contribution in [0.2, 0.25) is 0 Å². The van der Waals surface area contributed by atoms with Gasteiger partial charge in [0.25, 0.3) is 0 Å². The van der Waals surface area contributed by atoms with Crippen molar-refractivity contribution in [2.75, 3.05) is 13.7 Å². The van der Waals surface area contributed by atoms with Crippen molar-refractivity contribution >= 4 is 16.0 Å². The Morgan fingerprint density at radius 2 is 1.96 bits per heavy atom. The molecular weight excluding hydrogens is 318 g/mol. The molecule has 0 amide bonds. The molecule has 7 heteroatoms. The van der Waals surface area contributed by atoms with Gasteiger partial charge in [0, 0.05) is 0 Å². The molecule has 23 heavy (non-hydrogen) atoms. The van der Waals surface area contributed by atoms with Gasteiger partial charge in [-0.2, -0.15) is 0 Å². The summed E-state index contributed by atoms with van der Waals surface area (Å²) in [5.74, 6) is -0.667. The summed E-state index contributed by atoms with van der Waals surface area (Å²) < 4.78 is 31.7. The number of methoxy groups -OCH3 is 1. The van der Waals surface area contributed by atoms with Crippen molar-refractivity contribution in [3.63, 3.8) is 0 Å². The van der Waals surface area contributed by atoms with Gasteiger partial charge in [-0.3, -0.25) is 4.79 Å². The number of hydrogen-bond donors (Lipinski definition) is 2. The van der Waals surface area contributed by atoms with Crippen molar-refractivity contribution in [3.05, 3.63) is 42.0 Å². The molecule has 128 valence electrons. The van der Waals surface area contributed by atoms with Gasteiger partial charge in [-0.25, -0.2) is 13.1 Å². The number of carbonyl (C=O) groups excluding carboxylic acids is 1. The highest BCUT2D eigenvalue weighted by Gasteiger charge is 2.22. The SMILES string of the molecule is COC(=O)C/C=C/[C@@H](C)[C@@H](CO)NS(=O)(=O)c1ccc(C)cc1. The second-order valence-electron chi connectivity index (χ2n) is 5.29. The van der Waals surface area contributed by atoms with Gasteiger partial charge in [-0.05, 0) is 25.0 Å². The van der Waals surface area contributed by atoms with Gasteiger partial charge >= 0.3 is 5.97 Å². The average Bonchev–Trinajstić information content (AvgIpc) is 2.52. The topological polar surface area (TPSA) is 92.7 Å². The summed E-state index contributed by atoms with van der Waals surface area (Å²) >= 11 is 0. The molecule has 1 aromatic rings. The highest BCUT2D eigenvalue weighted by Crippen LogP contribution is 2.13. The third-order valence-electron chi connectivity index (χ3n) is 3.42. The lowest BCUT2D eigenvalue weighted by Crippen LogP contribution is -2.41. The lowest BCUT2D eigenvalue weighted by atomic mass is 10.0. The van der Waals surface area contributed by atoms with E-state index >= 15 is 0 Å². The number of aliphatic hydroxyl groups is 1. The molecule has 1 rings (SSSR count). The number of aliphatic hydroxyl groups excluding tert-OH is 1. The Morgan fingerprint density at radius 3 is 2.48 bits per heavy atom. The molecule has 2 N–H and O–H groups in total. The first kappa shape index (κ1) is 19.3. The summed E-state index contributed by atoms with van der Waals surface area (Å²) in [6.45, 7) is 3.27. The third kappa shape index (κ3) is 6.13. The van der Waals surface area contributed by atoms with E-state index in [-0.39, 0.29) is 29.8 Å². The molecule has 0 saturated heterocycles. The Labute approximate surface area is 137 Å². The van der Waals surface area contributed by atoms with E-state index < -0.39 is 16.1 Å². The third-order valence-corrected chi connectivity index (χ3v) is 4.93. The lowest BCUT2D eigenvalue weighted by Gasteiger charge is -2.20. The Kier molecular flexibility index (Phi) is 7.41. The maximum atomic E-state index is 12.3. The number of hydrogen-bond acceptors (Lipinski definition) is 5. The van der Waals surface area contributed by atoms with Gasteiger partial charge in [0.15, 0.2) is 0 Å². The van der Waals surface area contributed by atoms with Crippen LogP contribution in [0.4, 0.5) is 0 Å². The smallest absolute Gasteiger partial charge is 0.309 e. The van der Waals surface area contributed by atoms with Crippen LogP contribution < -0.4 is 4.72 Å². The van der Waals surface area contributed by atoms with Crippen LogP contribution >= 0.6 is 0 Å². The van der Waals surface area contributed by atoms with E-state index in [9.17, 15) is 18.3 Å². The Bertz CT molecular complexity index is 637. The molecular formula is C16H23NO5S. The zero-order valence-electron chi connectivity index (χ0n) is 13.5. The first-order chi connectivity index (χ1) is 10.8. The number of nitrogens with one attached hydrogen (secondary N) is 1. The predicted octanol–water partition coefficient (Wildman–Crippen LogP) is 1.39. The Morgan fingerprint density at radius 1 is 1.35 bits per heavy atom. The quantitative estimate of drug-likeness (QED) is 0.551. The van der Waals surface area contributed by atoms with Gasteiger partial charge in [0.1, 0.15) is 0 Å². The van der Waals surface area contributed by atoms with Crippen molar-refractivity contribution in [2.24, 2.45) is 5.92 Å². The van der Waals surface area contributed by atoms with Gasteiger partial charge in [-0.1, -0.05) is 36.8 Å². The van der Waals surface area contributed by atoms with Crippen LogP contribution in [0.1, 0.15) is 18.9 Å². The van der Waals surface area contributed by atoms with E-state index in [1.54, 1.807) is 31.2 Å². The maximum absolute atomic E-state index is 12.3. The zero-order chi connectivity index (χ0) is 17.5. The second kappa shape index (κ2) is 8.81. The molecule has 0 aromatic heterocycles. The van der Waals surface area contributed by atoms with Crippen LogP contribution in [0.15, 0.2) is 41.3 Å². The minimum atomic E-state index is -3.71. The van der Waals surface area contributed by atoms with Crippen LogP contribution in [0.25, 0.3) is 0 Å². The highest BCUT2D eigenvalue weighted by atomic mass is 32.2. The Hall–Kier alpha value is -1.70. The molecule has 0 aliphatic carbocycles. The highest BCUT2D eigenvalue weighted by molar-refractivity contribution is 7.89. The van der Waals surface area contributed by atoms with Crippen molar-refractivity contribution in [1.29, 1.82) is 0 Å². The normalized spacial score (nSPS) is 14.6. The number of esters is 1. The summed E-state index contributed by atoms with van der Waals surface area (Å²) in [5, 5.41) is 9.45. The van der Waals surface area contributed by atoms with E-state index in [2.05, 4.69) is 9.46 Å². The minimum absolute atomic E-state index is 0.101. The van der Waals surface area contributed by atoms with E-state index in [0.717, 1.165) is 5.56 Å². The molecule has 2 atom stereocenters. The fourth-order valence-corrected chi connectivity index (χ4v) is 3.21.